The lowest BCUT2D eigenvalue weighted by atomic mass is 9.79. The second-order valence-electron chi connectivity index (χ2n) is 9.31. The van der Waals surface area contributed by atoms with Crippen LogP contribution in [-0.4, -0.2) is 63.4 Å². The van der Waals surface area contributed by atoms with E-state index >= 15 is 4.39 Å². The molecular formula is C27H33FN4O3S. The number of methoxy groups -OCH3 is 1. The summed E-state index contributed by atoms with van der Waals surface area (Å²) < 4.78 is 20.8. The minimum absolute atomic E-state index is 0.0351. The first-order chi connectivity index (χ1) is 17.5. The van der Waals surface area contributed by atoms with E-state index in [0.717, 1.165) is 54.0 Å². The molecule has 3 aromatic rings. The van der Waals surface area contributed by atoms with Crippen LogP contribution in [0.1, 0.15) is 43.8 Å². The Labute approximate surface area is 215 Å². The first kappa shape index (κ1) is 26.3. The van der Waals surface area contributed by atoms with Crippen molar-refractivity contribution in [1.82, 2.24) is 19.9 Å². The van der Waals surface area contributed by atoms with Gasteiger partial charge in [-0.15, -0.1) is 11.8 Å². The number of benzene rings is 1. The fraction of sp³-hybridized carbons (Fsp3) is 0.481. The molecule has 0 bridgehead atoms. The van der Waals surface area contributed by atoms with Gasteiger partial charge in [0.2, 0.25) is 0 Å². The normalized spacial score (nSPS) is 19.3. The van der Waals surface area contributed by atoms with Gasteiger partial charge in [-0.2, -0.15) is 0 Å². The Morgan fingerprint density at radius 1 is 1.28 bits per heavy atom. The van der Waals surface area contributed by atoms with Crippen molar-refractivity contribution in [3.63, 3.8) is 0 Å². The summed E-state index contributed by atoms with van der Waals surface area (Å²) in [5.74, 6) is 1.09. The number of pyridine rings is 1. The van der Waals surface area contributed by atoms with Crippen LogP contribution in [0.4, 0.5) is 4.39 Å². The number of carboxylic acids is 1. The number of aromatic nitrogens is 3. The van der Waals surface area contributed by atoms with E-state index in [0.29, 0.717) is 24.2 Å². The SMILES string of the molecule is COc1ccc2nccc([C@@H](F)CC[C@@H]3CCN(CCCSc4cncnc4)C[C@@H]3CC(=O)O)c2c1. The van der Waals surface area contributed by atoms with Gasteiger partial charge in [0.15, 0.2) is 0 Å². The van der Waals surface area contributed by atoms with Crippen molar-refractivity contribution >= 4 is 28.6 Å². The Hall–Kier alpha value is -2.78. The lowest BCUT2D eigenvalue weighted by Crippen LogP contribution is -2.42. The third-order valence-corrected chi connectivity index (χ3v) is 7.98. The summed E-state index contributed by atoms with van der Waals surface area (Å²) in [6.45, 7) is 2.61. The standard InChI is InChI=1S/C27H33FN4O3S/c1-35-21-4-6-26-24(14-21)23(7-9-31-26)25(28)5-3-19-8-11-32(17-20(19)13-27(33)34)10-2-12-36-22-15-29-18-30-16-22/h4,6-7,9,14-16,18-20,25H,2-3,5,8,10-13,17H2,1H3,(H,33,34)/t19-,20+,25+/m1/s1. The molecule has 0 saturated carbocycles. The maximum absolute atomic E-state index is 15.5. The number of alkyl halides is 1. The van der Waals surface area contributed by atoms with Gasteiger partial charge in [-0.3, -0.25) is 9.78 Å². The second-order valence-corrected chi connectivity index (χ2v) is 10.5. The predicted molar refractivity (Wildman–Crippen MR) is 139 cm³/mol. The molecule has 36 heavy (non-hydrogen) atoms. The first-order valence-corrected chi connectivity index (χ1v) is 13.4. The maximum Gasteiger partial charge on any atom is 0.303 e. The van der Waals surface area contributed by atoms with Crippen molar-refractivity contribution in [3.05, 3.63) is 54.7 Å². The van der Waals surface area contributed by atoms with Crippen LogP contribution in [0.25, 0.3) is 10.9 Å². The quantitative estimate of drug-likeness (QED) is 0.254. The molecule has 4 rings (SSSR count). The van der Waals surface area contributed by atoms with E-state index in [4.69, 9.17) is 4.74 Å². The van der Waals surface area contributed by atoms with Gasteiger partial charge in [-0.1, -0.05) is 0 Å². The fourth-order valence-corrected chi connectivity index (χ4v) is 5.88. The Balaban J connectivity index is 1.31. The zero-order chi connectivity index (χ0) is 25.3. The molecule has 0 unspecified atom stereocenters. The number of carboxylic acid groups (broad SMARTS) is 1. The Morgan fingerprint density at radius 3 is 2.89 bits per heavy atom. The highest BCUT2D eigenvalue weighted by molar-refractivity contribution is 7.99. The number of likely N-dealkylation sites (tertiary alicyclic amines) is 1. The number of nitrogens with zero attached hydrogens (tertiary/aromatic N) is 4. The number of piperidine rings is 1. The molecule has 3 atom stereocenters. The Kier molecular flexibility index (Phi) is 9.47. The number of fused-ring (bicyclic) bond motifs is 1. The van der Waals surface area contributed by atoms with Crippen molar-refractivity contribution in [2.24, 2.45) is 11.8 Å². The fourth-order valence-electron chi connectivity index (χ4n) is 5.10. The molecule has 0 spiro atoms. The summed E-state index contributed by atoms with van der Waals surface area (Å²) in [5, 5.41) is 10.3. The third kappa shape index (κ3) is 7.13. The zero-order valence-electron chi connectivity index (χ0n) is 20.6. The summed E-state index contributed by atoms with van der Waals surface area (Å²) in [5.41, 5.74) is 1.36. The lowest BCUT2D eigenvalue weighted by molar-refractivity contribution is -0.139. The van der Waals surface area contributed by atoms with Crippen LogP contribution in [-0.2, 0) is 4.79 Å². The summed E-state index contributed by atoms with van der Waals surface area (Å²) >= 11 is 1.73. The minimum atomic E-state index is -1.13. The molecule has 1 aliphatic rings. The van der Waals surface area contributed by atoms with Gasteiger partial charge < -0.3 is 14.7 Å². The molecule has 0 aliphatic carbocycles. The van der Waals surface area contributed by atoms with Crippen molar-refractivity contribution in [3.8, 4) is 5.75 Å². The highest BCUT2D eigenvalue weighted by Crippen LogP contribution is 2.36. The van der Waals surface area contributed by atoms with E-state index in [9.17, 15) is 9.90 Å². The van der Waals surface area contributed by atoms with Gasteiger partial charge in [-0.25, -0.2) is 14.4 Å². The average molecular weight is 513 g/mol. The second kappa shape index (κ2) is 13.0. The van der Waals surface area contributed by atoms with Gasteiger partial charge in [0.1, 0.15) is 18.2 Å². The van der Waals surface area contributed by atoms with Crippen LogP contribution in [0, 0.1) is 11.8 Å². The van der Waals surface area contributed by atoms with Gasteiger partial charge in [0.05, 0.1) is 12.6 Å². The average Bonchev–Trinajstić information content (AvgIpc) is 2.90. The molecule has 9 heteroatoms. The summed E-state index contributed by atoms with van der Waals surface area (Å²) in [7, 11) is 1.59. The number of thioether (sulfide) groups is 1. The lowest BCUT2D eigenvalue weighted by Gasteiger charge is -2.38. The maximum atomic E-state index is 15.5. The smallest absolute Gasteiger partial charge is 0.303 e. The van der Waals surface area contributed by atoms with Crippen LogP contribution >= 0.6 is 11.8 Å². The van der Waals surface area contributed by atoms with Crippen LogP contribution in [0.15, 0.2) is 54.1 Å². The zero-order valence-corrected chi connectivity index (χ0v) is 21.4. The van der Waals surface area contributed by atoms with Crippen molar-refractivity contribution in [1.29, 1.82) is 0 Å². The predicted octanol–water partition coefficient (Wildman–Crippen LogP) is 5.42. The first-order valence-electron chi connectivity index (χ1n) is 12.4. The minimum Gasteiger partial charge on any atom is -0.497 e. The molecule has 0 radical (unpaired) electrons. The van der Waals surface area contributed by atoms with E-state index in [-0.39, 0.29) is 18.3 Å². The van der Waals surface area contributed by atoms with E-state index in [1.807, 2.05) is 30.6 Å². The topological polar surface area (TPSA) is 88.4 Å². The van der Waals surface area contributed by atoms with E-state index in [2.05, 4.69) is 19.9 Å². The molecule has 1 fully saturated rings. The van der Waals surface area contributed by atoms with Gasteiger partial charge >= 0.3 is 5.97 Å². The molecule has 0 amide bonds. The highest BCUT2D eigenvalue weighted by atomic mass is 32.2. The van der Waals surface area contributed by atoms with Crippen molar-refractivity contribution in [2.75, 3.05) is 32.5 Å². The van der Waals surface area contributed by atoms with Crippen molar-refractivity contribution < 1.29 is 19.0 Å². The number of ether oxygens (including phenoxy) is 1. The number of aliphatic carboxylic acids is 1. The number of hydrogen-bond acceptors (Lipinski definition) is 7. The van der Waals surface area contributed by atoms with Crippen molar-refractivity contribution in [2.45, 2.75) is 43.2 Å². The van der Waals surface area contributed by atoms with Gasteiger partial charge in [-0.05, 0) is 86.2 Å². The molecule has 1 aliphatic heterocycles. The Morgan fingerprint density at radius 2 is 2.11 bits per heavy atom. The molecular weight excluding hydrogens is 479 g/mol. The number of hydrogen-bond donors (Lipinski definition) is 1. The van der Waals surface area contributed by atoms with Gasteiger partial charge in [0, 0.05) is 41.8 Å². The van der Waals surface area contributed by atoms with E-state index in [1.165, 1.54) is 6.33 Å². The summed E-state index contributed by atoms with van der Waals surface area (Å²) in [4.78, 5) is 27.4. The molecule has 2 aromatic heterocycles. The molecule has 1 saturated heterocycles. The molecule has 1 N–H and O–H groups in total. The highest BCUT2D eigenvalue weighted by Gasteiger charge is 2.31. The van der Waals surface area contributed by atoms with Crippen LogP contribution < -0.4 is 4.74 Å². The van der Waals surface area contributed by atoms with E-state index in [1.54, 1.807) is 31.1 Å². The van der Waals surface area contributed by atoms with E-state index < -0.39 is 12.1 Å². The van der Waals surface area contributed by atoms with Crippen LogP contribution in [0.2, 0.25) is 0 Å². The van der Waals surface area contributed by atoms with Crippen LogP contribution in [0.5, 0.6) is 5.75 Å². The monoisotopic (exact) mass is 512 g/mol. The third-order valence-electron chi connectivity index (χ3n) is 6.95. The number of carbonyl (C=O) groups is 1. The molecule has 7 nitrogen and oxygen atoms in total. The largest absolute Gasteiger partial charge is 0.497 e. The van der Waals surface area contributed by atoms with Gasteiger partial charge in [0.25, 0.3) is 0 Å². The summed E-state index contributed by atoms with van der Waals surface area (Å²) in [6.07, 6.45) is 8.74. The number of halogens is 1. The Bertz CT molecular complexity index is 1140. The molecule has 192 valence electrons. The molecule has 3 heterocycles. The van der Waals surface area contributed by atoms with Crippen LogP contribution in [0.3, 0.4) is 0 Å². The molecule has 1 aromatic carbocycles. The summed E-state index contributed by atoms with van der Waals surface area (Å²) in [6, 6.07) is 7.24. The number of rotatable bonds is 12.